The van der Waals surface area contributed by atoms with Crippen LogP contribution >= 0.6 is 23.4 Å². The predicted molar refractivity (Wildman–Crippen MR) is 275 cm³/mol. The number of piperazine rings is 1. The van der Waals surface area contributed by atoms with E-state index in [0.717, 1.165) is 21.6 Å². The van der Waals surface area contributed by atoms with E-state index in [0.29, 0.717) is 98.9 Å². The molecule has 394 valence electrons. The maximum absolute atomic E-state index is 14.5. The third-order valence-corrected chi connectivity index (χ3v) is 17.4. The average Bonchev–Trinajstić information content (AvgIpc) is 3.69. The molecular weight excluding hydrogens is 1050 g/mol. The van der Waals surface area contributed by atoms with E-state index in [1.807, 2.05) is 40.1 Å². The van der Waals surface area contributed by atoms with Crippen molar-refractivity contribution >= 4 is 71.9 Å². The van der Waals surface area contributed by atoms with Crippen molar-refractivity contribution in [3.63, 3.8) is 0 Å². The van der Waals surface area contributed by atoms with Crippen molar-refractivity contribution < 1.29 is 58.2 Å². The lowest BCUT2D eigenvalue weighted by molar-refractivity contribution is -0.143. The van der Waals surface area contributed by atoms with Crippen molar-refractivity contribution in [1.29, 1.82) is 0 Å². The molecule has 0 aliphatic carbocycles. The quantitative estimate of drug-likeness (QED) is 0.0506. The van der Waals surface area contributed by atoms with Crippen LogP contribution in [0.15, 0.2) is 136 Å². The number of sulfonamides is 1. The average molecular weight is 1110 g/mol. The number of aromatic nitrogens is 1. The number of piperidine rings is 1. The number of hydrogen-bond acceptors (Lipinski definition) is 11. The zero-order valence-corrected chi connectivity index (χ0v) is 42.8. The molecule has 2 aliphatic heterocycles. The summed E-state index contributed by atoms with van der Waals surface area (Å²) >= 11 is 7.51. The number of hydrogen-bond donors (Lipinski definition) is 4. The Kier molecular flexibility index (Phi) is 16.3. The first-order chi connectivity index (χ1) is 35.0. The second-order valence-corrected chi connectivity index (χ2v) is 23.0. The number of aliphatic hydroxyl groups is 1. The molecule has 2 saturated heterocycles. The fourth-order valence-corrected chi connectivity index (χ4v) is 12.5. The molecule has 23 heteroatoms. The summed E-state index contributed by atoms with van der Waals surface area (Å²) in [5, 5.41) is 23.5. The molecule has 3 heterocycles. The molecule has 0 saturated carbocycles. The second-order valence-electron chi connectivity index (χ2n) is 17.9. The van der Waals surface area contributed by atoms with Crippen LogP contribution in [-0.2, 0) is 33.1 Å². The molecule has 1 aromatic heterocycles. The summed E-state index contributed by atoms with van der Waals surface area (Å²) in [6, 6.07) is 30.2. The van der Waals surface area contributed by atoms with Crippen LogP contribution in [0.3, 0.4) is 0 Å². The van der Waals surface area contributed by atoms with Crippen molar-refractivity contribution in [2.75, 3.05) is 71.4 Å². The molecule has 1 atom stereocenters. The predicted octanol–water partition coefficient (Wildman–Crippen LogP) is 10.6. The van der Waals surface area contributed by atoms with Gasteiger partial charge in [-0.05, 0) is 109 Å². The SMILES string of the molecule is Cn1c(-c2ccc(Cl)cc2)c(-c2cccc(N3CCN(c4ccc(NS(=O)(=O)c5ccc(N[C@H](CCN6CCC(O)CC6)CSc6ccccc6)c(S(=O)(=O)C(F)(F)F)c5)cc4)CC3)c2)c(C(=O)O)c1C(F)(F)F. The highest BCUT2D eigenvalue weighted by molar-refractivity contribution is 7.99. The van der Waals surface area contributed by atoms with Crippen molar-refractivity contribution in [1.82, 2.24) is 9.47 Å². The highest BCUT2D eigenvalue weighted by Gasteiger charge is 2.49. The van der Waals surface area contributed by atoms with Crippen LogP contribution in [0.4, 0.5) is 49.1 Å². The van der Waals surface area contributed by atoms with Crippen LogP contribution in [0.5, 0.6) is 0 Å². The fourth-order valence-electron chi connectivity index (χ4n) is 9.23. The summed E-state index contributed by atoms with van der Waals surface area (Å²) in [6.07, 6.45) is -3.86. The van der Waals surface area contributed by atoms with Crippen LogP contribution in [0.25, 0.3) is 22.4 Å². The van der Waals surface area contributed by atoms with Gasteiger partial charge in [-0.15, -0.1) is 11.8 Å². The smallest absolute Gasteiger partial charge is 0.478 e. The number of carboxylic acid groups (broad SMARTS) is 1. The minimum absolute atomic E-state index is 0.0446. The highest BCUT2D eigenvalue weighted by Crippen LogP contribution is 2.46. The van der Waals surface area contributed by atoms with Crippen molar-refractivity contribution in [3.05, 3.63) is 138 Å². The second kappa shape index (κ2) is 22.1. The Morgan fingerprint density at radius 2 is 1.41 bits per heavy atom. The minimum atomic E-state index is -6.07. The van der Waals surface area contributed by atoms with E-state index in [-0.39, 0.29) is 22.5 Å². The maximum Gasteiger partial charge on any atom is 0.501 e. The van der Waals surface area contributed by atoms with Crippen molar-refractivity contribution in [2.24, 2.45) is 7.05 Å². The number of alkyl halides is 6. The van der Waals surface area contributed by atoms with Gasteiger partial charge in [-0.3, -0.25) is 4.72 Å². The molecule has 5 aromatic carbocycles. The summed E-state index contributed by atoms with van der Waals surface area (Å²) < 4.78 is 143. The number of aliphatic hydroxyl groups excluding tert-OH is 1. The summed E-state index contributed by atoms with van der Waals surface area (Å²) in [5.74, 6) is -1.40. The van der Waals surface area contributed by atoms with Gasteiger partial charge in [0.05, 0.1) is 27.9 Å². The van der Waals surface area contributed by atoms with Gasteiger partial charge in [-0.25, -0.2) is 21.6 Å². The van der Waals surface area contributed by atoms with Gasteiger partial charge < -0.3 is 34.8 Å². The van der Waals surface area contributed by atoms with Gasteiger partial charge in [0.25, 0.3) is 19.9 Å². The van der Waals surface area contributed by atoms with Crippen LogP contribution in [0.2, 0.25) is 5.02 Å². The lowest BCUT2D eigenvalue weighted by Gasteiger charge is -2.37. The summed E-state index contributed by atoms with van der Waals surface area (Å²) in [4.78, 5) is 17.7. The Balaban J connectivity index is 0.973. The third-order valence-electron chi connectivity index (χ3n) is 13.0. The molecule has 13 nitrogen and oxygen atoms in total. The molecular formula is C51H51ClF6N6O7S3. The fraction of sp³-hybridized carbons (Fsp3) is 0.314. The Labute approximate surface area is 433 Å². The molecule has 0 unspecified atom stereocenters. The van der Waals surface area contributed by atoms with Crippen LogP contribution < -0.4 is 19.8 Å². The highest BCUT2D eigenvalue weighted by atomic mass is 35.5. The van der Waals surface area contributed by atoms with Gasteiger partial charge in [-0.1, -0.05) is 54.1 Å². The van der Waals surface area contributed by atoms with E-state index in [1.165, 1.54) is 55.2 Å². The number of benzene rings is 5. The largest absolute Gasteiger partial charge is 0.501 e. The number of carbonyl (C=O) groups is 1. The molecule has 0 spiro atoms. The van der Waals surface area contributed by atoms with E-state index in [9.17, 15) is 58.2 Å². The van der Waals surface area contributed by atoms with Crippen LogP contribution in [0, 0.1) is 0 Å². The number of sulfone groups is 1. The van der Waals surface area contributed by atoms with Crippen molar-refractivity contribution in [3.8, 4) is 22.4 Å². The number of carboxylic acids is 1. The molecule has 4 N–H and O–H groups in total. The van der Waals surface area contributed by atoms with Gasteiger partial charge in [0.15, 0.2) is 0 Å². The monoisotopic (exact) mass is 1100 g/mol. The first kappa shape index (κ1) is 54.4. The van der Waals surface area contributed by atoms with Crippen LogP contribution in [-0.4, -0.2) is 112 Å². The summed E-state index contributed by atoms with van der Waals surface area (Å²) in [5.41, 5.74) is -6.46. The van der Waals surface area contributed by atoms with E-state index >= 15 is 0 Å². The van der Waals surface area contributed by atoms with Gasteiger partial charge in [0, 0.05) is 97.2 Å². The molecule has 74 heavy (non-hydrogen) atoms. The van der Waals surface area contributed by atoms with Crippen LogP contribution in [0.1, 0.15) is 35.3 Å². The number of halogens is 7. The topological polar surface area (TPSA) is 165 Å². The number of nitrogens with one attached hydrogen (secondary N) is 2. The Hall–Kier alpha value is -5.91. The normalized spacial score (nSPS) is 15.8. The Morgan fingerprint density at radius 1 is 0.770 bits per heavy atom. The minimum Gasteiger partial charge on any atom is -0.478 e. The van der Waals surface area contributed by atoms with E-state index < -0.39 is 76.4 Å². The third kappa shape index (κ3) is 12.3. The van der Waals surface area contributed by atoms with Gasteiger partial charge in [0.1, 0.15) is 10.6 Å². The van der Waals surface area contributed by atoms with E-state index in [1.54, 1.807) is 36.4 Å². The van der Waals surface area contributed by atoms with Gasteiger partial charge >= 0.3 is 17.7 Å². The van der Waals surface area contributed by atoms with Crippen molar-refractivity contribution in [2.45, 2.75) is 57.8 Å². The number of anilines is 4. The lowest BCUT2D eigenvalue weighted by Crippen LogP contribution is -2.46. The molecule has 2 aliphatic rings. The van der Waals surface area contributed by atoms with Gasteiger partial charge in [0.2, 0.25) is 0 Å². The Bertz CT molecular complexity index is 3190. The number of nitrogens with zero attached hydrogens (tertiary/aromatic N) is 4. The maximum atomic E-state index is 14.5. The molecule has 0 bridgehead atoms. The zero-order valence-electron chi connectivity index (χ0n) is 39.6. The number of aromatic carboxylic acids is 1. The van der Waals surface area contributed by atoms with E-state index in [2.05, 4.69) is 14.9 Å². The number of rotatable bonds is 17. The van der Waals surface area contributed by atoms with Gasteiger partial charge in [-0.2, -0.15) is 26.3 Å². The molecule has 6 aromatic rings. The zero-order chi connectivity index (χ0) is 53.2. The first-order valence-electron chi connectivity index (χ1n) is 23.3. The molecule has 0 radical (unpaired) electrons. The summed E-state index contributed by atoms with van der Waals surface area (Å²) in [7, 11) is -9.55. The summed E-state index contributed by atoms with van der Waals surface area (Å²) in [6.45, 7) is 3.51. The molecule has 0 amide bonds. The standard InChI is InChI=1S/C51H51ClF6N6O7S3/c1-61-47(33-10-12-35(52)13-11-33)45(46(49(66)67)48(61)50(53,54)55)34-6-5-7-39(30-34)64-28-26-63(27-29-64)38-16-14-36(15-17-38)60-74(70,71)42-18-19-43(44(31-42)73(68,69)51(56,57)58)59-37(32-72-41-8-3-2-4-9-41)20-23-62-24-21-40(65)22-25-62/h2-19,30-31,37,40,59-60,65H,20-29,32H2,1H3,(H,66,67)/t37-/m1/s1. The Morgan fingerprint density at radius 3 is 2.01 bits per heavy atom. The molecule has 2 fully saturated rings. The lowest BCUT2D eigenvalue weighted by atomic mass is 9.96. The number of thioether (sulfide) groups is 1. The first-order valence-corrected chi connectivity index (χ1v) is 27.7. The molecule has 8 rings (SSSR count). The number of likely N-dealkylation sites (tertiary alicyclic amines) is 1. The van der Waals surface area contributed by atoms with E-state index in [4.69, 9.17) is 11.6 Å².